The molecule has 182 valence electrons. The molecule has 1 heterocycles. The molecule has 7 heteroatoms. The summed E-state index contributed by atoms with van der Waals surface area (Å²) in [5.41, 5.74) is 2.70. The van der Waals surface area contributed by atoms with Crippen molar-refractivity contribution in [3.8, 4) is 34.2 Å². The lowest BCUT2D eigenvalue weighted by Crippen LogP contribution is -2.25. The first-order chi connectivity index (χ1) is 17.1. The van der Waals surface area contributed by atoms with E-state index in [1.165, 1.54) is 6.07 Å². The maximum atomic E-state index is 13.4. The fourth-order valence-electron chi connectivity index (χ4n) is 3.72. The van der Waals surface area contributed by atoms with Gasteiger partial charge in [-0.1, -0.05) is 13.8 Å². The number of aromatic nitrogens is 2. The van der Waals surface area contributed by atoms with E-state index < -0.39 is 11.6 Å². The third-order valence-electron chi connectivity index (χ3n) is 5.78. The molecule has 0 fully saturated rings. The van der Waals surface area contributed by atoms with Crippen LogP contribution < -0.4 is 9.47 Å². The summed E-state index contributed by atoms with van der Waals surface area (Å²) >= 11 is 0. The summed E-state index contributed by atoms with van der Waals surface area (Å²) in [6, 6.07) is 18.7. The monoisotopic (exact) mass is 477 g/mol. The first kappa shape index (κ1) is 24.4. The third kappa shape index (κ3) is 6.45. The van der Waals surface area contributed by atoms with Crippen LogP contribution in [0.25, 0.3) is 16.9 Å². The molecule has 0 aliphatic rings. The highest BCUT2D eigenvalue weighted by molar-refractivity contribution is 5.60. The molecule has 5 nitrogen and oxygen atoms in total. The normalized spacial score (nSPS) is 11.1. The number of nitrogens with zero attached hydrogens (tertiary/aromatic N) is 3. The van der Waals surface area contributed by atoms with E-state index in [1.54, 1.807) is 18.5 Å². The molecule has 3 aromatic carbocycles. The zero-order valence-corrected chi connectivity index (χ0v) is 20.0. The zero-order chi connectivity index (χ0) is 24.6. The molecule has 0 aliphatic heterocycles. The van der Waals surface area contributed by atoms with Gasteiger partial charge in [-0.2, -0.15) is 0 Å². The molecule has 0 aliphatic carbocycles. The maximum absolute atomic E-state index is 13.4. The Morgan fingerprint density at radius 3 is 2.20 bits per heavy atom. The number of benzene rings is 3. The number of hydrogen-bond acceptors (Lipinski definition) is 4. The minimum Gasteiger partial charge on any atom is -0.494 e. The molecular weight excluding hydrogens is 448 g/mol. The fourth-order valence-corrected chi connectivity index (χ4v) is 3.72. The van der Waals surface area contributed by atoms with Gasteiger partial charge < -0.3 is 18.9 Å². The van der Waals surface area contributed by atoms with Gasteiger partial charge in [-0.3, -0.25) is 0 Å². The average Bonchev–Trinajstić information content (AvgIpc) is 3.38. The molecule has 0 saturated carbocycles. The second kappa shape index (κ2) is 11.6. The smallest absolute Gasteiger partial charge is 0.162 e. The number of hydrogen-bond donors (Lipinski definition) is 0. The van der Waals surface area contributed by atoms with Gasteiger partial charge in [0.2, 0.25) is 0 Å². The molecule has 0 radical (unpaired) electrons. The third-order valence-corrected chi connectivity index (χ3v) is 5.78. The molecule has 35 heavy (non-hydrogen) atoms. The largest absolute Gasteiger partial charge is 0.494 e. The summed E-state index contributed by atoms with van der Waals surface area (Å²) < 4.78 is 39.9. The van der Waals surface area contributed by atoms with Gasteiger partial charge in [0, 0.05) is 30.1 Å². The van der Waals surface area contributed by atoms with Crippen LogP contribution in [0.15, 0.2) is 79.3 Å². The molecule has 0 saturated heterocycles. The quantitative estimate of drug-likeness (QED) is 0.225. The molecule has 0 unspecified atom stereocenters. The average molecular weight is 478 g/mol. The first-order valence-electron chi connectivity index (χ1n) is 11.8. The van der Waals surface area contributed by atoms with E-state index >= 15 is 0 Å². The molecule has 0 spiro atoms. The van der Waals surface area contributed by atoms with E-state index in [1.807, 2.05) is 47.2 Å². The molecule has 1 aromatic heterocycles. The van der Waals surface area contributed by atoms with Gasteiger partial charge in [0.25, 0.3) is 0 Å². The van der Waals surface area contributed by atoms with Gasteiger partial charge in [-0.05, 0) is 80.2 Å². The van der Waals surface area contributed by atoms with Crippen molar-refractivity contribution in [2.75, 3.05) is 26.2 Å². The topological polar surface area (TPSA) is 39.5 Å². The van der Waals surface area contributed by atoms with E-state index in [9.17, 15) is 8.78 Å². The van der Waals surface area contributed by atoms with Crippen LogP contribution in [-0.4, -0.2) is 40.7 Å². The van der Waals surface area contributed by atoms with Crippen molar-refractivity contribution >= 4 is 0 Å². The summed E-state index contributed by atoms with van der Waals surface area (Å²) in [4.78, 5) is 6.89. The Labute approximate surface area is 204 Å². The molecule has 0 amide bonds. The maximum Gasteiger partial charge on any atom is 0.162 e. The van der Waals surface area contributed by atoms with Gasteiger partial charge in [-0.25, -0.2) is 13.8 Å². The Kier molecular flexibility index (Phi) is 8.11. The first-order valence-corrected chi connectivity index (χ1v) is 11.8. The second-order valence-corrected chi connectivity index (χ2v) is 8.09. The van der Waals surface area contributed by atoms with E-state index in [-0.39, 0.29) is 5.75 Å². The fraction of sp³-hybridized carbons (Fsp3) is 0.250. The lowest BCUT2D eigenvalue weighted by atomic mass is 10.1. The Bertz CT molecular complexity index is 1220. The summed E-state index contributed by atoms with van der Waals surface area (Å²) in [6.45, 7) is 8.21. The van der Waals surface area contributed by atoms with Crippen LogP contribution in [-0.2, 0) is 0 Å². The number of rotatable bonds is 11. The molecular formula is C28H29F2N3O2. The van der Waals surface area contributed by atoms with Crippen molar-refractivity contribution in [1.29, 1.82) is 0 Å². The van der Waals surface area contributed by atoms with Gasteiger partial charge >= 0.3 is 0 Å². The van der Waals surface area contributed by atoms with Crippen LogP contribution in [0.5, 0.6) is 17.2 Å². The molecule has 4 aromatic rings. The molecule has 0 atom stereocenters. The van der Waals surface area contributed by atoms with Crippen molar-refractivity contribution in [1.82, 2.24) is 14.5 Å². The van der Waals surface area contributed by atoms with Crippen LogP contribution in [0.4, 0.5) is 8.78 Å². The van der Waals surface area contributed by atoms with Crippen LogP contribution >= 0.6 is 0 Å². The van der Waals surface area contributed by atoms with Gasteiger partial charge in [-0.15, -0.1) is 0 Å². The highest BCUT2D eigenvalue weighted by Crippen LogP contribution is 2.27. The van der Waals surface area contributed by atoms with E-state index in [0.29, 0.717) is 12.4 Å². The van der Waals surface area contributed by atoms with Crippen molar-refractivity contribution in [3.05, 3.63) is 90.9 Å². The van der Waals surface area contributed by atoms with Crippen molar-refractivity contribution in [2.24, 2.45) is 0 Å². The molecule has 0 bridgehead atoms. The van der Waals surface area contributed by atoms with Crippen molar-refractivity contribution < 1.29 is 18.3 Å². The standard InChI is InChI=1S/C28H29F2N3O2/c1-3-32(4-2)16-5-17-34-23-12-8-22(9-13-23)33-19-28(31-20-33)21-6-10-24(11-7-21)35-25-14-15-26(29)27(30)18-25/h6-15,18-20H,3-5,16-17H2,1-2H3. The minimum absolute atomic E-state index is 0.234. The van der Waals surface area contributed by atoms with Crippen LogP contribution in [0.2, 0.25) is 0 Å². The lowest BCUT2D eigenvalue weighted by molar-refractivity contribution is 0.249. The minimum atomic E-state index is -0.945. The summed E-state index contributed by atoms with van der Waals surface area (Å²) in [5, 5.41) is 0. The predicted octanol–water partition coefficient (Wildman–Crippen LogP) is 6.72. The van der Waals surface area contributed by atoms with Crippen molar-refractivity contribution in [3.63, 3.8) is 0 Å². The molecule has 4 rings (SSSR count). The summed E-state index contributed by atoms with van der Waals surface area (Å²) in [6.07, 6.45) is 4.71. The lowest BCUT2D eigenvalue weighted by Gasteiger charge is -2.17. The second-order valence-electron chi connectivity index (χ2n) is 8.09. The van der Waals surface area contributed by atoms with Gasteiger partial charge in [0.1, 0.15) is 17.2 Å². The highest BCUT2D eigenvalue weighted by atomic mass is 19.2. The number of ether oxygens (including phenoxy) is 2. The van der Waals surface area contributed by atoms with Crippen molar-refractivity contribution in [2.45, 2.75) is 20.3 Å². The SMILES string of the molecule is CCN(CC)CCCOc1ccc(-n2cnc(-c3ccc(Oc4ccc(F)c(F)c4)cc3)c2)cc1. The zero-order valence-electron chi connectivity index (χ0n) is 20.0. The number of halogens is 2. The summed E-state index contributed by atoms with van der Waals surface area (Å²) in [5.74, 6) is -0.245. The summed E-state index contributed by atoms with van der Waals surface area (Å²) in [7, 11) is 0. The Balaban J connectivity index is 1.34. The van der Waals surface area contributed by atoms with Gasteiger partial charge in [0.05, 0.1) is 18.6 Å². The van der Waals surface area contributed by atoms with E-state index in [2.05, 4.69) is 23.7 Å². The highest BCUT2D eigenvalue weighted by Gasteiger charge is 2.07. The van der Waals surface area contributed by atoms with Crippen LogP contribution in [0.1, 0.15) is 20.3 Å². The van der Waals surface area contributed by atoms with E-state index in [0.717, 1.165) is 60.9 Å². The van der Waals surface area contributed by atoms with Crippen LogP contribution in [0, 0.1) is 11.6 Å². The van der Waals surface area contributed by atoms with Crippen LogP contribution in [0.3, 0.4) is 0 Å². The Morgan fingerprint density at radius 2 is 1.51 bits per heavy atom. The Morgan fingerprint density at radius 1 is 0.829 bits per heavy atom. The molecule has 0 N–H and O–H groups in total. The predicted molar refractivity (Wildman–Crippen MR) is 133 cm³/mol. The van der Waals surface area contributed by atoms with Gasteiger partial charge in [0.15, 0.2) is 11.6 Å². The number of imidazole rings is 1. The van der Waals surface area contributed by atoms with E-state index in [4.69, 9.17) is 9.47 Å². The Hall–Kier alpha value is -3.71.